The van der Waals surface area contributed by atoms with Crippen LogP contribution in [0.4, 0.5) is 4.79 Å². The first-order valence-corrected chi connectivity index (χ1v) is 12.3. The molecule has 172 valence electrons. The highest BCUT2D eigenvalue weighted by atomic mass is 32.2. The molecule has 2 saturated heterocycles. The summed E-state index contributed by atoms with van der Waals surface area (Å²) in [5.41, 5.74) is -0.540. The number of carbonyl (C=O) groups excluding carboxylic acids is 2. The summed E-state index contributed by atoms with van der Waals surface area (Å²) in [5, 5.41) is 8.87. The van der Waals surface area contributed by atoms with Crippen LogP contribution in [0, 0.1) is 0 Å². The molecule has 30 heavy (non-hydrogen) atoms. The Kier molecular flexibility index (Phi) is 8.34. The van der Waals surface area contributed by atoms with Gasteiger partial charge in [-0.15, -0.1) is 0 Å². The lowest BCUT2D eigenvalue weighted by atomic mass is 10.2. The number of likely N-dealkylation sites (tertiary alicyclic amines) is 1. The van der Waals surface area contributed by atoms with E-state index in [-0.39, 0.29) is 35.9 Å². The molecule has 0 bridgehead atoms. The molecule has 0 aliphatic carbocycles. The highest BCUT2D eigenvalue weighted by molar-refractivity contribution is 7.91. The normalized spacial score (nSPS) is 23.9. The van der Waals surface area contributed by atoms with Crippen LogP contribution in [0.15, 0.2) is 4.99 Å². The van der Waals surface area contributed by atoms with Crippen molar-refractivity contribution in [1.29, 1.82) is 0 Å². The molecule has 2 fully saturated rings. The second-order valence-electron chi connectivity index (χ2n) is 8.73. The first-order valence-electron chi connectivity index (χ1n) is 10.5. The van der Waals surface area contributed by atoms with Crippen molar-refractivity contribution in [1.82, 2.24) is 20.9 Å². The average Bonchev–Trinajstić information content (AvgIpc) is 3.18. The number of hydrogen-bond acceptors (Lipinski definition) is 6. The Morgan fingerprint density at radius 3 is 2.50 bits per heavy atom. The number of alkyl carbamates (subject to hydrolysis) is 1. The molecule has 2 amide bonds. The van der Waals surface area contributed by atoms with E-state index >= 15 is 0 Å². The van der Waals surface area contributed by atoms with Gasteiger partial charge in [-0.05, 0) is 40.5 Å². The Bertz CT molecular complexity index is 747. The molecule has 10 nitrogen and oxygen atoms in total. The van der Waals surface area contributed by atoms with Crippen molar-refractivity contribution < 1.29 is 22.7 Å². The van der Waals surface area contributed by atoms with Gasteiger partial charge >= 0.3 is 6.09 Å². The average molecular weight is 446 g/mol. The van der Waals surface area contributed by atoms with Gasteiger partial charge in [-0.3, -0.25) is 9.79 Å². The molecular weight excluding hydrogens is 410 g/mol. The molecule has 2 aliphatic heterocycles. The van der Waals surface area contributed by atoms with Crippen molar-refractivity contribution in [2.24, 2.45) is 4.99 Å². The maximum absolute atomic E-state index is 12.1. The number of nitrogens with zero attached hydrogens (tertiary/aromatic N) is 2. The minimum atomic E-state index is -3.02. The minimum absolute atomic E-state index is 0.0183. The summed E-state index contributed by atoms with van der Waals surface area (Å²) in [5.74, 6) is 0.656. The van der Waals surface area contributed by atoms with Gasteiger partial charge in [0.1, 0.15) is 5.60 Å². The van der Waals surface area contributed by atoms with Crippen molar-refractivity contribution in [3.05, 3.63) is 0 Å². The van der Waals surface area contributed by atoms with Crippen LogP contribution in [0.5, 0.6) is 0 Å². The lowest BCUT2D eigenvalue weighted by Gasteiger charge is -2.23. The van der Waals surface area contributed by atoms with Gasteiger partial charge in [0.05, 0.1) is 24.1 Å². The van der Waals surface area contributed by atoms with E-state index in [1.807, 2.05) is 32.6 Å². The largest absolute Gasteiger partial charge is 0.444 e. The van der Waals surface area contributed by atoms with Crippen molar-refractivity contribution in [2.75, 3.05) is 37.7 Å². The van der Waals surface area contributed by atoms with Gasteiger partial charge < -0.3 is 25.6 Å². The Morgan fingerprint density at radius 2 is 1.90 bits per heavy atom. The monoisotopic (exact) mass is 445 g/mol. The third-order valence-electron chi connectivity index (χ3n) is 4.74. The number of sulfone groups is 1. The van der Waals surface area contributed by atoms with E-state index in [1.165, 1.54) is 0 Å². The van der Waals surface area contributed by atoms with Crippen LogP contribution in [-0.4, -0.2) is 86.6 Å². The molecule has 0 radical (unpaired) electrons. The molecule has 0 aromatic rings. The molecule has 2 rings (SSSR count). The van der Waals surface area contributed by atoms with Crippen molar-refractivity contribution in [3.63, 3.8) is 0 Å². The number of rotatable bonds is 6. The summed E-state index contributed by atoms with van der Waals surface area (Å²) in [6, 6.07) is -0.325. The lowest BCUT2D eigenvalue weighted by Crippen LogP contribution is -2.44. The Balaban J connectivity index is 1.80. The third kappa shape index (κ3) is 8.37. The maximum atomic E-state index is 12.1. The summed E-state index contributed by atoms with van der Waals surface area (Å²) >= 11 is 0. The molecule has 0 aromatic heterocycles. The topological polar surface area (TPSA) is 129 Å². The zero-order valence-electron chi connectivity index (χ0n) is 18.4. The number of guanidine groups is 1. The lowest BCUT2D eigenvalue weighted by molar-refractivity contribution is -0.121. The molecule has 11 heteroatoms. The van der Waals surface area contributed by atoms with E-state index in [4.69, 9.17) is 4.74 Å². The number of amides is 2. The molecule has 3 N–H and O–H groups in total. The maximum Gasteiger partial charge on any atom is 0.407 e. The summed E-state index contributed by atoms with van der Waals surface area (Å²) in [6.45, 7) is 9.77. The predicted molar refractivity (Wildman–Crippen MR) is 115 cm³/mol. The molecule has 0 saturated carbocycles. The second-order valence-corrected chi connectivity index (χ2v) is 11.0. The van der Waals surface area contributed by atoms with Gasteiger partial charge in [0.25, 0.3) is 0 Å². The van der Waals surface area contributed by atoms with Crippen molar-refractivity contribution in [3.8, 4) is 0 Å². The molecular formula is C19H35N5O5S. The number of carbonyl (C=O) groups is 2. The number of ether oxygens (including phenoxy) is 1. The van der Waals surface area contributed by atoms with Gasteiger partial charge in [0.15, 0.2) is 15.8 Å². The first kappa shape index (κ1) is 24.2. The van der Waals surface area contributed by atoms with Crippen molar-refractivity contribution >= 4 is 27.8 Å². The SMILES string of the molecule is CCNC(=NCCC(=O)NC1CCS(=O)(=O)C1)N1CCC(NC(=O)OC(C)(C)C)C1. The van der Waals surface area contributed by atoms with Crippen LogP contribution in [0.25, 0.3) is 0 Å². The molecule has 2 unspecified atom stereocenters. The van der Waals surface area contributed by atoms with E-state index in [0.29, 0.717) is 32.0 Å². The zero-order valence-corrected chi connectivity index (χ0v) is 19.2. The van der Waals surface area contributed by atoms with E-state index < -0.39 is 21.5 Å². The van der Waals surface area contributed by atoms with Gasteiger partial charge in [-0.2, -0.15) is 0 Å². The number of nitrogens with one attached hydrogen (secondary N) is 3. The fraction of sp³-hybridized carbons (Fsp3) is 0.842. The number of hydrogen-bond donors (Lipinski definition) is 3. The second kappa shape index (κ2) is 10.3. The Labute approximate surface area is 179 Å². The summed E-state index contributed by atoms with van der Waals surface area (Å²) in [4.78, 5) is 30.6. The summed E-state index contributed by atoms with van der Waals surface area (Å²) in [7, 11) is -3.02. The van der Waals surface area contributed by atoms with Crippen LogP contribution in [0.1, 0.15) is 47.0 Å². The molecule has 2 heterocycles. The van der Waals surface area contributed by atoms with E-state index in [1.54, 1.807) is 0 Å². The van der Waals surface area contributed by atoms with Gasteiger partial charge in [0.2, 0.25) is 5.91 Å². The minimum Gasteiger partial charge on any atom is -0.444 e. The predicted octanol–water partition coefficient (Wildman–Crippen LogP) is 0.244. The first-order chi connectivity index (χ1) is 14.0. The van der Waals surface area contributed by atoms with E-state index in [0.717, 1.165) is 13.0 Å². The van der Waals surface area contributed by atoms with Gasteiger partial charge in [-0.25, -0.2) is 13.2 Å². The van der Waals surface area contributed by atoms with E-state index in [9.17, 15) is 18.0 Å². The van der Waals surface area contributed by atoms with Crippen LogP contribution in [-0.2, 0) is 19.4 Å². The van der Waals surface area contributed by atoms with Crippen LogP contribution in [0.2, 0.25) is 0 Å². The van der Waals surface area contributed by atoms with Crippen molar-refractivity contribution in [2.45, 2.75) is 64.6 Å². The summed E-state index contributed by atoms with van der Waals surface area (Å²) < 4.78 is 28.3. The summed E-state index contributed by atoms with van der Waals surface area (Å²) in [6.07, 6.45) is 1.01. The fourth-order valence-electron chi connectivity index (χ4n) is 3.44. The molecule has 0 spiro atoms. The zero-order chi connectivity index (χ0) is 22.4. The Hall–Kier alpha value is -2.04. The van der Waals surface area contributed by atoms with Gasteiger partial charge in [0, 0.05) is 32.1 Å². The third-order valence-corrected chi connectivity index (χ3v) is 6.51. The number of aliphatic imine (C=N–C) groups is 1. The van der Waals surface area contributed by atoms with Crippen LogP contribution in [0.3, 0.4) is 0 Å². The highest BCUT2D eigenvalue weighted by Crippen LogP contribution is 2.13. The molecule has 0 aromatic carbocycles. The van der Waals surface area contributed by atoms with Crippen LogP contribution >= 0.6 is 0 Å². The highest BCUT2D eigenvalue weighted by Gasteiger charge is 2.29. The van der Waals surface area contributed by atoms with E-state index in [2.05, 4.69) is 20.9 Å². The molecule has 2 aliphatic rings. The Morgan fingerprint density at radius 1 is 1.17 bits per heavy atom. The van der Waals surface area contributed by atoms with Crippen LogP contribution < -0.4 is 16.0 Å². The van der Waals surface area contributed by atoms with Gasteiger partial charge in [-0.1, -0.05) is 0 Å². The smallest absolute Gasteiger partial charge is 0.407 e. The fourth-order valence-corrected chi connectivity index (χ4v) is 5.12. The standard InChI is InChI=1S/C19H35N5O5S/c1-5-20-17(21-9-6-16(25)22-15-8-11-30(27,28)13-15)24-10-7-14(12-24)23-18(26)29-19(2,3)4/h14-15H,5-13H2,1-4H3,(H,20,21)(H,22,25)(H,23,26). The molecule has 2 atom stereocenters. The quantitative estimate of drug-likeness (QED) is 0.395.